The quantitative estimate of drug-likeness (QED) is 0.410. The molecule has 1 aromatic carbocycles. The highest BCUT2D eigenvalue weighted by Gasteiger charge is 2.42. The molecule has 156 valence electrons. The lowest BCUT2D eigenvalue weighted by Gasteiger charge is -2.39. The number of aldehydes is 1. The van der Waals surface area contributed by atoms with Crippen molar-refractivity contribution in [2.24, 2.45) is 5.73 Å². The lowest BCUT2D eigenvalue weighted by atomic mass is 10.1. The lowest BCUT2D eigenvalue weighted by Crippen LogP contribution is -2.54. The van der Waals surface area contributed by atoms with Gasteiger partial charge in [-0.05, 0) is 44.1 Å². The second-order valence-corrected chi connectivity index (χ2v) is 7.20. The van der Waals surface area contributed by atoms with E-state index in [1.807, 2.05) is 0 Å². The van der Waals surface area contributed by atoms with E-state index >= 15 is 0 Å². The number of rotatable bonds is 10. The van der Waals surface area contributed by atoms with Gasteiger partial charge in [0.15, 0.2) is 0 Å². The fourth-order valence-corrected chi connectivity index (χ4v) is 3.65. The van der Waals surface area contributed by atoms with Crippen molar-refractivity contribution in [3.63, 3.8) is 0 Å². The van der Waals surface area contributed by atoms with Crippen molar-refractivity contribution in [2.45, 2.75) is 31.4 Å². The van der Waals surface area contributed by atoms with Crippen molar-refractivity contribution in [2.75, 3.05) is 33.2 Å². The Morgan fingerprint density at radius 1 is 1.31 bits per heavy atom. The maximum absolute atomic E-state index is 12.9. The SMILES string of the molecule is CNC(=O)C(CCC=O)N1C(=O)c2ccc(OC3CN(CCCN)C3)cc2C1=O. The number of benzene rings is 1. The summed E-state index contributed by atoms with van der Waals surface area (Å²) in [7, 11) is 1.43. The molecule has 2 aliphatic heterocycles. The van der Waals surface area contributed by atoms with E-state index in [4.69, 9.17) is 10.5 Å². The van der Waals surface area contributed by atoms with Gasteiger partial charge in [0.1, 0.15) is 24.2 Å². The van der Waals surface area contributed by atoms with E-state index in [0.29, 0.717) is 18.6 Å². The molecule has 1 unspecified atom stereocenters. The molecule has 1 atom stereocenters. The smallest absolute Gasteiger partial charge is 0.262 e. The van der Waals surface area contributed by atoms with Crippen molar-refractivity contribution in [1.82, 2.24) is 15.1 Å². The fourth-order valence-electron chi connectivity index (χ4n) is 3.65. The average molecular weight is 402 g/mol. The van der Waals surface area contributed by atoms with E-state index < -0.39 is 23.8 Å². The third-order valence-corrected chi connectivity index (χ3v) is 5.21. The minimum absolute atomic E-state index is 0.0281. The lowest BCUT2D eigenvalue weighted by molar-refractivity contribution is -0.124. The molecule has 0 aliphatic carbocycles. The number of amides is 3. The molecule has 3 amide bonds. The predicted octanol–water partition coefficient (Wildman–Crippen LogP) is -0.212. The van der Waals surface area contributed by atoms with Crippen LogP contribution in [0.5, 0.6) is 5.75 Å². The molecular weight excluding hydrogens is 376 g/mol. The van der Waals surface area contributed by atoms with Crippen LogP contribution in [0.4, 0.5) is 0 Å². The van der Waals surface area contributed by atoms with E-state index in [-0.39, 0.29) is 30.1 Å². The van der Waals surface area contributed by atoms with Crippen LogP contribution in [-0.2, 0) is 9.59 Å². The van der Waals surface area contributed by atoms with Crippen LogP contribution in [0, 0.1) is 0 Å². The standard InChI is InChI=1S/C20H26N4O5/c1-22-18(26)17(4-2-9-25)24-19(27)15-6-5-13(10-16(15)20(24)28)29-14-11-23(12-14)8-3-7-21/h5-6,9-10,14,17H,2-4,7-8,11-12,21H2,1H3,(H,22,26). The topological polar surface area (TPSA) is 122 Å². The maximum Gasteiger partial charge on any atom is 0.262 e. The molecule has 0 saturated carbocycles. The number of nitrogens with two attached hydrogens (primary N) is 1. The Labute approximate surface area is 169 Å². The van der Waals surface area contributed by atoms with Crippen LogP contribution in [0.3, 0.4) is 0 Å². The van der Waals surface area contributed by atoms with Crippen molar-refractivity contribution >= 4 is 24.0 Å². The molecular formula is C20H26N4O5. The minimum atomic E-state index is -1.02. The number of imide groups is 1. The van der Waals surface area contributed by atoms with Gasteiger partial charge in [0.05, 0.1) is 11.1 Å². The van der Waals surface area contributed by atoms with Gasteiger partial charge in [-0.3, -0.25) is 24.2 Å². The zero-order chi connectivity index (χ0) is 21.0. The zero-order valence-electron chi connectivity index (χ0n) is 16.4. The summed E-state index contributed by atoms with van der Waals surface area (Å²) >= 11 is 0. The predicted molar refractivity (Wildman–Crippen MR) is 105 cm³/mol. The molecule has 9 nitrogen and oxygen atoms in total. The first-order valence-electron chi connectivity index (χ1n) is 9.76. The summed E-state index contributed by atoms with van der Waals surface area (Å²) in [5, 5.41) is 2.45. The van der Waals surface area contributed by atoms with Crippen LogP contribution >= 0.6 is 0 Å². The Morgan fingerprint density at radius 2 is 2.03 bits per heavy atom. The zero-order valence-corrected chi connectivity index (χ0v) is 16.4. The second-order valence-electron chi connectivity index (χ2n) is 7.20. The van der Waals surface area contributed by atoms with Gasteiger partial charge in [-0.1, -0.05) is 0 Å². The van der Waals surface area contributed by atoms with Crippen molar-refractivity contribution < 1.29 is 23.9 Å². The number of nitrogens with zero attached hydrogens (tertiary/aromatic N) is 2. The van der Waals surface area contributed by atoms with E-state index in [0.717, 1.165) is 31.0 Å². The van der Waals surface area contributed by atoms with Gasteiger partial charge in [0.25, 0.3) is 11.8 Å². The number of carbonyl (C=O) groups excluding carboxylic acids is 4. The summed E-state index contributed by atoms with van der Waals surface area (Å²) in [5.74, 6) is -1.05. The number of likely N-dealkylation sites (N-methyl/N-ethyl adjacent to an activating group) is 1. The highest BCUT2D eigenvalue weighted by atomic mass is 16.5. The maximum atomic E-state index is 12.9. The Hall–Kier alpha value is -2.78. The number of hydrogen-bond acceptors (Lipinski definition) is 7. The Morgan fingerprint density at radius 3 is 2.69 bits per heavy atom. The third kappa shape index (κ3) is 4.30. The summed E-state index contributed by atoms with van der Waals surface area (Å²) < 4.78 is 5.92. The first kappa shape index (κ1) is 20.9. The van der Waals surface area contributed by atoms with E-state index in [1.165, 1.54) is 7.05 Å². The monoisotopic (exact) mass is 402 g/mol. The molecule has 1 aromatic rings. The highest BCUT2D eigenvalue weighted by Crippen LogP contribution is 2.30. The van der Waals surface area contributed by atoms with Crippen molar-refractivity contribution in [3.05, 3.63) is 29.3 Å². The molecule has 2 aliphatic rings. The molecule has 1 saturated heterocycles. The summed E-state index contributed by atoms with van der Waals surface area (Å²) in [6.45, 7) is 3.18. The average Bonchev–Trinajstić information content (AvgIpc) is 2.94. The van der Waals surface area contributed by atoms with Crippen LogP contribution in [0.2, 0.25) is 0 Å². The molecule has 2 heterocycles. The Balaban J connectivity index is 1.71. The van der Waals surface area contributed by atoms with Gasteiger partial charge >= 0.3 is 0 Å². The molecule has 3 N–H and O–H groups in total. The van der Waals surface area contributed by atoms with Crippen LogP contribution in [0.15, 0.2) is 18.2 Å². The second kappa shape index (κ2) is 9.15. The highest BCUT2D eigenvalue weighted by molar-refractivity contribution is 6.23. The van der Waals surface area contributed by atoms with Gasteiger partial charge < -0.3 is 20.6 Å². The summed E-state index contributed by atoms with van der Waals surface area (Å²) in [5.41, 5.74) is 5.96. The first-order valence-corrected chi connectivity index (χ1v) is 9.76. The fraction of sp³-hybridized carbons (Fsp3) is 0.500. The number of hydrogen-bond donors (Lipinski definition) is 2. The summed E-state index contributed by atoms with van der Waals surface area (Å²) in [6, 6.07) is 3.75. The molecule has 0 bridgehead atoms. The van der Waals surface area contributed by atoms with Gasteiger partial charge in [-0.2, -0.15) is 0 Å². The van der Waals surface area contributed by atoms with E-state index in [2.05, 4.69) is 10.2 Å². The molecule has 9 heteroatoms. The summed E-state index contributed by atoms with van der Waals surface area (Å²) in [4.78, 5) is 51.8. The van der Waals surface area contributed by atoms with Crippen LogP contribution in [-0.4, -0.2) is 79.2 Å². The van der Waals surface area contributed by atoms with Crippen LogP contribution in [0.25, 0.3) is 0 Å². The molecule has 1 fully saturated rings. The minimum Gasteiger partial charge on any atom is -0.488 e. The van der Waals surface area contributed by atoms with Crippen molar-refractivity contribution in [1.29, 1.82) is 0 Å². The Bertz CT molecular complexity index is 806. The van der Waals surface area contributed by atoms with Gasteiger partial charge in [0, 0.05) is 26.6 Å². The largest absolute Gasteiger partial charge is 0.488 e. The van der Waals surface area contributed by atoms with Gasteiger partial charge in [-0.15, -0.1) is 0 Å². The van der Waals surface area contributed by atoms with E-state index in [1.54, 1.807) is 18.2 Å². The number of ether oxygens (including phenoxy) is 1. The van der Waals surface area contributed by atoms with Gasteiger partial charge in [0.2, 0.25) is 5.91 Å². The third-order valence-electron chi connectivity index (χ3n) is 5.21. The van der Waals surface area contributed by atoms with Crippen LogP contribution in [0.1, 0.15) is 40.0 Å². The molecule has 0 radical (unpaired) electrons. The Kier molecular flexibility index (Phi) is 6.60. The normalized spacial score (nSPS) is 17.7. The molecule has 3 rings (SSSR count). The number of nitrogens with one attached hydrogen (secondary N) is 1. The van der Waals surface area contributed by atoms with E-state index in [9.17, 15) is 19.2 Å². The number of likely N-dealkylation sites (tertiary alicyclic amines) is 1. The summed E-state index contributed by atoms with van der Waals surface area (Å²) in [6.07, 6.45) is 1.78. The van der Waals surface area contributed by atoms with Gasteiger partial charge in [-0.25, -0.2) is 0 Å². The van der Waals surface area contributed by atoms with Crippen LogP contribution < -0.4 is 15.8 Å². The molecule has 0 spiro atoms. The van der Waals surface area contributed by atoms with Crippen molar-refractivity contribution in [3.8, 4) is 5.75 Å². The number of carbonyl (C=O) groups is 4. The first-order chi connectivity index (χ1) is 14.0. The molecule has 0 aromatic heterocycles. The molecule has 29 heavy (non-hydrogen) atoms. The number of fused-ring (bicyclic) bond motifs is 1.